The molecule has 0 spiro atoms. The molecule has 0 radical (unpaired) electrons. The van der Waals surface area contributed by atoms with Crippen LogP contribution in [0.1, 0.15) is 29.7 Å². The van der Waals surface area contributed by atoms with Crippen LogP contribution in [0, 0.1) is 0 Å². The van der Waals surface area contributed by atoms with E-state index in [4.69, 9.17) is 28.9 Å². The zero-order valence-electron chi connectivity index (χ0n) is 10.7. The molecule has 0 amide bonds. The normalized spacial score (nSPS) is 12.4. The van der Waals surface area contributed by atoms with Crippen LogP contribution in [0.2, 0.25) is 10.0 Å². The number of hydrogen-bond acceptors (Lipinski definition) is 2. The molecule has 0 aliphatic heterocycles. The minimum absolute atomic E-state index is 0.103. The van der Waals surface area contributed by atoms with Crippen LogP contribution in [0.15, 0.2) is 36.7 Å². The predicted molar refractivity (Wildman–Crippen MR) is 80.7 cm³/mol. The molecule has 19 heavy (non-hydrogen) atoms. The second-order valence-electron chi connectivity index (χ2n) is 4.47. The summed E-state index contributed by atoms with van der Waals surface area (Å²) in [4.78, 5) is 4.13. The van der Waals surface area contributed by atoms with E-state index in [9.17, 15) is 0 Å². The van der Waals surface area contributed by atoms with Gasteiger partial charge in [0.15, 0.2) is 0 Å². The Morgan fingerprint density at radius 3 is 2.74 bits per heavy atom. The molecule has 4 heteroatoms. The largest absolute Gasteiger partial charge is 0.324 e. The first-order valence-electron chi connectivity index (χ1n) is 6.24. The summed E-state index contributed by atoms with van der Waals surface area (Å²) in [5.41, 5.74) is 9.56. The fourth-order valence-corrected chi connectivity index (χ4v) is 2.53. The van der Waals surface area contributed by atoms with Gasteiger partial charge in [0.05, 0.1) is 0 Å². The van der Waals surface area contributed by atoms with Gasteiger partial charge in [-0.1, -0.05) is 30.1 Å². The lowest BCUT2D eigenvalue weighted by Crippen LogP contribution is -2.15. The molecule has 0 fully saturated rings. The number of hydrogen-bond donors (Lipinski definition) is 1. The van der Waals surface area contributed by atoms with E-state index in [1.807, 2.05) is 18.3 Å². The average molecular weight is 295 g/mol. The van der Waals surface area contributed by atoms with E-state index in [0.717, 1.165) is 17.5 Å². The van der Waals surface area contributed by atoms with E-state index in [1.165, 1.54) is 5.56 Å². The Bertz CT molecular complexity index is 570. The van der Waals surface area contributed by atoms with Gasteiger partial charge in [-0.05, 0) is 53.8 Å². The summed E-state index contributed by atoms with van der Waals surface area (Å²) in [6.07, 6.45) is 5.22. The first-order chi connectivity index (χ1) is 9.11. The van der Waals surface area contributed by atoms with Crippen LogP contribution in [0.5, 0.6) is 0 Å². The smallest absolute Gasteiger partial charge is 0.0439 e. The molecular formula is C15H16Cl2N2. The summed E-state index contributed by atoms with van der Waals surface area (Å²) in [7, 11) is 0. The Balaban J connectivity index is 2.25. The van der Waals surface area contributed by atoms with Crippen LogP contribution in [0.4, 0.5) is 0 Å². The number of pyridine rings is 1. The van der Waals surface area contributed by atoms with E-state index in [-0.39, 0.29) is 6.04 Å². The number of halogens is 2. The van der Waals surface area contributed by atoms with Crippen LogP contribution in [-0.2, 0) is 12.8 Å². The Labute approximate surface area is 123 Å². The van der Waals surface area contributed by atoms with E-state index >= 15 is 0 Å². The van der Waals surface area contributed by atoms with Crippen LogP contribution >= 0.6 is 23.2 Å². The molecule has 1 unspecified atom stereocenters. The zero-order chi connectivity index (χ0) is 13.8. The molecule has 0 aliphatic carbocycles. The van der Waals surface area contributed by atoms with Gasteiger partial charge in [0.1, 0.15) is 0 Å². The second-order valence-corrected chi connectivity index (χ2v) is 5.32. The molecule has 1 aromatic heterocycles. The maximum Gasteiger partial charge on any atom is 0.0439 e. The van der Waals surface area contributed by atoms with Gasteiger partial charge in [-0.25, -0.2) is 0 Å². The maximum absolute atomic E-state index is 6.29. The van der Waals surface area contributed by atoms with Crippen LogP contribution in [-0.4, -0.2) is 4.98 Å². The highest BCUT2D eigenvalue weighted by Gasteiger charge is 2.13. The molecule has 2 rings (SSSR count). The summed E-state index contributed by atoms with van der Waals surface area (Å²) < 4.78 is 0. The summed E-state index contributed by atoms with van der Waals surface area (Å²) in [6.45, 7) is 2.10. The lowest BCUT2D eigenvalue weighted by Gasteiger charge is -2.16. The Morgan fingerprint density at radius 1 is 1.21 bits per heavy atom. The summed E-state index contributed by atoms with van der Waals surface area (Å²) >= 11 is 12.2. The van der Waals surface area contributed by atoms with Gasteiger partial charge >= 0.3 is 0 Å². The van der Waals surface area contributed by atoms with Crippen molar-refractivity contribution in [3.05, 3.63) is 63.4 Å². The van der Waals surface area contributed by atoms with Crippen molar-refractivity contribution in [1.29, 1.82) is 0 Å². The Hall–Kier alpha value is -1.09. The summed E-state index contributed by atoms with van der Waals surface area (Å²) in [5.74, 6) is 0. The van der Waals surface area contributed by atoms with Crippen LogP contribution in [0.25, 0.3) is 0 Å². The van der Waals surface area contributed by atoms with Gasteiger partial charge in [0, 0.05) is 28.5 Å². The molecule has 2 nitrogen and oxygen atoms in total. The minimum atomic E-state index is -0.103. The molecule has 1 atom stereocenters. The van der Waals surface area contributed by atoms with Gasteiger partial charge in [0.25, 0.3) is 0 Å². The van der Waals surface area contributed by atoms with Crippen molar-refractivity contribution in [1.82, 2.24) is 4.98 Å². The van der Waals surface area contributed by atoms with Crippen molar-refractivity contribution in [3.8, 4) is 0 Å². The lowest BCUT2D eigenvalue weighted by molar-refractivity contribution is 0.710. The number of nitrogens with two attached hydrogens (primary N) is 1. The second kappa shape index (κ2) is 6.38. The molecule has 1 aromatic carbocycles. The molecule has 1 heterocycles. The molecule has 2 aromatic rings. The van der Waals surface area contributed by atoms with E-state index < -0.39 is 0 Å². The van der Waals surface area contributed by atoms with Gasteiger partial charge in [-0.3, -0.25) is 4.98 Å². The summed E-state index contributed by atoms with van der Waals surface area (Å²) in [5, 5.41) is 1.38. The maximum atomic E-state index is 6.29. The quantitative estimate of drug-likeness (QED) is 0.918. The van der Waals surface area contributed by atoms with E-state index in [0.29, 0.717) is 16.5 Å². The average Bonchev–Trinajstić information content (AvgIpc) is 2.42. The molecule has 0 bridgehead atoms. The first kappa shape index (κ1) is 14.3. The number of nitrogens with zero attached hydrogens (tertiary/aromatic N) is 1. The fourth-order valence-electron chi connectivity index (χ4n) is 2.14. The predicted octanol–water partition coefficient (Wildman–Crippen LogP) is 4.19. The van der Waals surface area contributed by atoms with Crippen molar-refractivity contribution in [2.24, 2.45) is 5.73 Å². The van der Waals surface area contributed by atoms with E-state index in [2.05, 4.69) is 11.9 Å². The molecule has 100 valence electrons. The Morgan fingerprint density at radius 2 is 2.00 bits per heavy atom. The standard InChI is InChI=1S/C15H16Cl2N2/c1-2-10-9-19-6-5-13(10)15(18)8-11-7-12(16)3-4-14(11)17/h3-7,9,15H,2,8,18H2,1H3. The van der Waals surface area contributed by atoms with Crippen molar-refractivity contribution < 1.29 is 0 Å². The van der Waals surface area contributed by atoms with Crippen molar-refractivity contribution in [2.45, 2.75) is 25.8 Å². The van der Waals surface area contributed by atoms with Crippen molar-refractivity contribution in [3.63, 3.8) is 0 Å². The molecule has 0 saturated carbocycles. The lowest BCUT2D eigenvalue weighted by atomic mass is 9.96. The number of aromatic nitrogens is 1. The highest BCUT2D eigenvalue weighted by Crippen LogP contribution is 2.26. The number of rotatable bonds is 4. The number of aryl methyl sites for hydroxylation is 1. The Kier molecular flexibility index (Phi) is 4.81. The SMILES string of the molecule is CCc1cnccc1C(N)Cc1cc(Cl)ccc1Cl. The zero-order valence-corrected chi connectivity index (χ0v) is 12.2. The van der Waals surface area contributed by atoms with Crippen molar-refractivity contribution >= 4 is 23.2 Å². The topological polar surface area (TPSA) is 38.9 Å². The van der Waals surface area contributed by atoms with Gasteiger partial charge in [0.2, 0.25) is 0 Å². The first-order valence-corrected chi connectivity index (χ1v) is 6.99. The third-order valence-electron chi connectivity index (χ3n) is 3.17. The molecule has 0 aliphatic rings. The third-order valence-corrected chi connectivity index (χ3v) is 3.77. The molecular weight excluding hydrogens is 279 g/mol. The van der Waals surface area contributed by atoms with Crippen LogP contribution < -0.4 is 5.73 Å². The van der Waals surface area contributed by atoms with Gasteiger partial charge in [-0.15, -0.1) is 0 Å². The molecule has 2 N–H and O–H groups in total. The number of benzene rings is 1. The fraction of sp³-hybridized carbons (Fsp3) is 0.267. The summed E-state index contributed by atoms with van der Waals surface area (Å²) in [6, 6.07) is 7.33. The monoisotopic (exact) mass is 294 g/mol. The van der Waals surface area contributed by atoms with Crippen molar-refractivity contribution in [2.75, 3.05) is 0 Å². The molecule has 0 saturated heterocycles. The highest BCUT2D eigenvalue weighted by atomic mass is 35.5. The highest BCUT2D eigenvalue weighted by molar-refractivity contribution is 6.33. The van der Waals surface area contributed by atoms with Gasteiger partial charge in [-0.2, -0.15) is 0 Å². The van der Waals surface area contributed by atoms with E-state index in [1.54, 1.807) is 18.3 Å². The van der Waals surface area contributed by atoms with Gasteiger partial charge < -0.3 is 5.73 Å². The van der Waals surface area contributed by atoms with Crippen LogP contribution in [0.3, 0.4) is 0 Å². The third kappa shape index (κ3) is 3.47. The minimum Gasteiger partial charge on any atom is -0.324 e.